The van der Waals surface area contributed by atoms with Crippen LogP contribution in [-0.4, -0.2) is 47.1 Å². The zero-order valence-corrected chi connectivity index (χ0v) is 12.3. The summed E-state index contributed by atoms with van der Waals surface area (Å²) in [6, 6.07) is 0.0706. The maximum atomic E-state index is 11.8. The minimum Gasteiger partial charge on any atom is -0.338 e. The molecule has 1 aromatic rings. The molecular weight excluding hydrogens is 266 g/mol. The Morgan fingerprint density at radius 1 is 1.50 bits per heavy atom. The summed E-state index contributed by atoms with van der Waals surface area (Å²) in [6.07, 6.45) is 1.81. The van der Waals surface area contributed by atoms with Crippen LogP contribution in [0.25, 0.3) is 0 Å². The van der Waals surface area contributed by atoms with E-state index in [1.165, 1.54) is 5.01 Å². The molecule has 1 aliphatic heterocycles. The van der Waals surface area contributed by atoms with Gasteiger partial charge in [0.05, 0.1) is 10.7 Å². The van der Waals surface area contributed by atoms with E-state index >= 15 is 0 Å². The fourth-order valence-corrected chi connectivity index (χ4v) is 3.48. The van der Waals surface area contributed by atoms with Gasteiger partial charge in [0, 0.05) is 42.9 Å². The Balaban J connectivity index is 1.69. The van der Waals surface area contributed by atoms with Crippen LogP contribution >= 0.6 is 23.1 Å². The maximum Gasteiger partial charge on any atom is 0.317 e. The second-order valence-corrected chi connectivity index (χ2v) is 6.33. The Kier molecular flexibility index (Phi) is 5.31. The molecule has 1 fully saturated rings. The highest BCUT2D eigenvalue weighted by Gasteiger charge is 2.15. The largest absolute Gasteiger partial charge is 0.338 e. The van der Waals surface area contributed by atoms with Crippen molar-refractivity contribution in [2.24, 2.45) is 0 Å². The van der Waals surface area contributed by atoms with Gasteiger partial charge in [0.2, 0.25) is 0 Å². The highest BCUT2D eigenvalue weighted by molar-refractivity contribution is 7.99. The first kappa shape index (κ1) is 13.7. The number of aromatic nitrogens is 1. The van der Waals surface area contributed by atoms with Gasteiger partial charge in [-0.15, -0.1) is 11.3 Å². The van der Waals surface area contributed by atoms with Crippen LogP contribution in [0.5, 0.6) is 0 Å². The van der Waals surface area contributed by atoms with Crippen LogP contribution in [0.4, 0.5) is 4.79 Å². The summed E-state index contributed by atoms with van der Waals surface area (Å²) in [4.78, 5) is 18.2. The van der Waals surface area contributed by atoms with Gasteiger partial charge in [-0.25, -0.2) is 9.78 Å². The molecule has 0 aliphatic carbocycles. The van der Waals surface area contributed by atoms with Gasteiger partial charge in [-0.2, -0.15) is 11.8 Å². The molecule has 0 aromatic carbocycles. The normalized spacial score (nSPS) is 15.7. The summed E-state index contributed by atoms with van der Waals surface area (Å²) >= 11 is 3.61. The Labute approximate surface area is 116 Å². The third-order valence-corrected chi connectivity index (χ3v) is 4.84. The molecule has 100 valence electrons. The van der Waals surface area contributed by atoms with Crippen LogP contribution in [0.15, 0.2) is 5.38 Å². The Morgan fingerprint density at radius 3 is 2.94 bits per heavy atom. The number of rotatable bonds is 4. The average Bonchev–Trinajstić information content (AvgIpc) is 2.87. The lowest BCUT2D eigenvalue weighted by atomic mass is 10.3. The van der Waals surface area contributed by atoms with E-state index in [0.29, 0.717) is 6.54 Å². The highest BCUT2D eigenvalue weighted by atomic mass is 32.2. The number of hydrogen-bond donors (Lipinski definition) is 1. The van der Waals surface area contributed by atoms with E-state index in [-0.39, 0.29) is 6.03 Å². The van der Waals surface area contributed by atoms with Crippen LogP contribution in [0.2, 0.25) is 0 Å². The molecule has 1 saturated heterocycles. The van der Waals surface area contributed by atoms with E-state index in [0.717, 1.165) is 43.1 Å². The molecule has 1 N–H and O–H groups in total. The lowest BCUT2D eigenvalue weighted by molar-refractivity contribution is 0.203. The van der Waals surface area contributed by atoms with Crippen molar-refractivity contribution in [1.82, 2.24) is 15.2 Å². The van der Waals surface area contributed by atoms with Crippen LogP contribution in [-0.2, 0) is 12.8 Å². The number of carbonyl (C=O) groups is 1. The van der Waals surface area contributed by atoms with Crippen molar-refractivity contribution >= 4 is 29.1 Å². The number of amides is 2. The molecule has 1 aliphatic rings. The first-order valence-electron chi connectivity index (χ1n) is 6.33. The second kappa shape index (κ2) is 6.99. The number of aryl methyl sites for hydroxylation is 1. The standard InChI is InChI=1S/C12H19N3OS2/c1-2-11-14-10(9-18-11)3-4-13-12(16)15-5-7-17-8-6-15/h9H,2-8H2,1H3,(H,13,16). The number of nitrogens with zero attached hydrogens (tertiary/aromatic N) is 2. The smallest absolute Gasteiger partial charge is 0.317 e. The predicted octanol–water partition coefficient (Wildman–Crippen LogP) is 2.01. The summed E-state index contributed by atoms with van der Waals surface area (Å²) in [7, 11) is 0. The van der Waals surface area contributed by atoms with Gasteiger partial charge in [-0.05, 0) is 6.42 Å². The van der Waals surface area contributed by atoms with E-state index in [9.17, 15) is 4.79 Å². The van der Waals surface area contributed by atoms with Gasteiger partial charge in [0.15, 0.2) is 0 Å². The Morgan fingerprint density at radius 2 is 2.28 bits per heavy atom. The Hall–Kier alpha value is -0.750. The predicted molar refractivity (Wildman–Crippen MR) is 77.5 cm³/mol. The van der Waals surface area contributed by atoms with E-state index in [1.54, 1.807) is 11.3 Å². The van der Waals surface area contributed by atoms with Gasteiger partial charge in [0.1, 0.15) is 0 Å². The molecule has 0 saturated carbocycles. The summed E-state index contributed by atoms with van der Waals surface area (Å²) in [6.45, 7) is 4.52. The summed E-state index contributed by atoms with van der Waals surface area (Å²) in [5.74, 6) is 2.11. The SMILES string of the molecule is CCc1nc(CCNC(=O)N2CCSCC2)cs1. The number of urea groups is 1. The average molecular weight is 285 g/mol. The quantitative estimate of drug-likeness (QED) is 0.920. The van der Waals surface area contributed by atoms with Crippen LogP contribution < -0.4 is 5.32 Å². The van der Waals surface area contributed by atoms with Crippen LogP contribution in [0.3, 0.4) is 0 Å². The molecule has 6 heteroatoms. The molecule has 0 spiro atoms. The number of carbonyl (C=O) groups excluding carboxylic acids is 1. The minimum atomic E-state index is 0.0706. The monoisotopic (exact) mass is 285 g/mol. The first-order chi connectivity index (χ1) is 8.79. The molecule has 0 atom stereocenters. The second-order valence-electron chi connectivity index (χ2n) is 4.17. The molecule has 18 heavy (non-hydrogen) atoms. The maximum absolute atomic E-state index is 11.8. The molecule has 4 nitrogen and oxygen atoms in total. The lowest BCUT2D eigenvalue weighted by Gasteiger charge is -2.26. The number of thioether (sulfide) groups is 1. The van der Waals surface area contributed by atoms with Crippen molar-refractivity contribution in [3.63, 3.8) is 0 Å². The number of nitrogens with one attached hydrogen (secondary N) is 1. The topological polar surface area (TPSA) is 45.2 Å². The number of thiazole rings is 1. The molecule has 2 heterocycles. The molecule has 0 unspecified atom stereocenters. The van der Waals surface area contributed by atoms with Crippen molar-refractivity contribution in [2.75, 3.05) is 31.1 Å². The zero-order valence-electron chi connectivity index (χ0n) is 10.6. The third-order valence-electron chi connectivity index (χ3n) is 2.86. The van der Waals surface area contributed by atoms with Gasteiger partial charge in [0.25, 0.3) is 0 Å². The van der Waals surface area contributed by atoms with E-state index in [4.69, 9.17) is 0 Å². The molecule has 0 bridgehead atoms. The van der Waals surface area contributed by atoms with Crippen LogP contribution in [0, 0.1) is 0 Å². The third kappa shape index (κ3) is 3.88. The fourth-order valence-electron chi connectivity index (χ4n) is 1.80. The van der Waals surface area contributed by atoms with Crippen molar-refractivity contribution in [1.29, 1.82) is 0 Å². The van der Waals surface area contributed by atoms with Crippen molar-refractivity contribution in [3.05, 3.63) is 16.1 Å². The number of hydrogen-bond acceptors (Lipinski definition) is 4. The molecule has 2 rings (SSSR count). The zero-order chi connectivity index (χ0) is 12.8. The van der Waals surface area contributed by atoms with Gasteiger partial charge >= 0.3 is 6.03 Å². The van der Waals surface area contributed by atoms with Gasteiger partial charge in [-0.1, -0.05) is 6.92 Å². The van der Waals surface area contributed by atoms with Crippen molar-refractivity contribution < 1.29 is 4.79 Å². The van der Waals surface area contributed by atoms with Crippen molar-refractivity contribution in [3.8, 4) is 0 Å². The molecule has 0 radical (unpaired) electrons. The van der Waals surface area contributed by atoms with Gasteiger partial charge in [-0.3, -0.25) is 0 Å². The highest BCUT2D eigenvalue weighted by Crippen LogP contribution is 2.11. The minimum absolute atomic E-state index is 0.0706. The first-order valence-corrected chi connectivity index (χ1v) is 8.37. The Bertz CT molecular complexity index is 388. The summed E-state index contributed by atoms with van der Waals surface area (Å²) in [5, 5.41) is 6.23. The molecular formula is C12H19N3OS2. The van der Waals surface area contributed by atoms with E-state index < -0.39 is 0 Å². The summed E-state index contributed by atoms with van der Waals surface area (Å²) < 4.78 is 0. The van der Waals surface area contributed by atoms with Crippen LogP contribution in [0.1, 0.15) is 17.6 Å². The fraction of sp³-hybridized carbons (Fsp3) is 0.667. The molecule has 2 amide bonds. The van der Waals surface area contributed by atoms with E-state index in [1.807, 2.05) is 16.7 Å². The van der Waals surface area contributed by atoms with Crippen molar-refractivity contribution in [2.45, 2.75) is 19.8 Å². The summed E-state index contributed by atoms with van der Waals surface area (Å²) in [5.41, 5.74) is 1.09. The van der Waals surface area contributed by atoms with E-state index in [2.05, 4.69) is 22.6 Å². The van der Waals surface area contributed by atoms with Gasteiger partial charge < -0.3 is 10.2 Å². The molecule has 1 aromatic heterocycles. The lowest BCUT2D eigenvalue weighted by Crippen LogP contribution is -2.44.